The molecular formula is C30H25N. The number of fused-ring (bicyclic) bond motifs is 1. The van der Waals surface area contributed by atoms with Crippen molar-refractivity contribution in [2.24, 2.45) is 0 Å². The Hall–Kier alpha value is -3.84. The van der Waals surface area contributed by atoms with E-state index in [0.29, 0.717) is 0 Å². The second-order valence-electron chi connectivity index (χ2n) is 8.02. The number of hydrogen-bond acceptors (Lipinski definition) is 1. The van der Waals surface area contributed by atoms with E-state index < -0.39 is 0 Å². The number of hydrogen-bond donors (Lipinski definition) is 0. The molecule has 0 radical (unpaired) electrons. The van der Waals surface area contributed by atoms with Gasteiger partial charge >= 0.3 is 0 Å². The molecule has 0 atom stereocenters. The van der Waals surface area contributed by atoms with Gasteiger partial charge in [-0.05, 0) is 52.6 Å². The first-order valence-corrected chi connectivity index (χ1v) is 10.7. The van der Waals surface area contributed by atoms with Crippen LogP contribution in [0.25, 0.3) is 33.0 Å². The van der Waals surface area contributed by atoms with Crippen molar-refractivity contribution in [1.29, 1.82) is 0 Å². The highest BCUT2D eigenvalue weighted by atomic mass is 15.1. The van der Waals surface area contributed by atoms with Crippen LogP contribution in [0.1, 0.15) is 5.56 Å². The lowest BCUT2D eigenvalue weighted by Crippen LogP contribution is -2.12. The minimum absolute atomic E-state index is 1.20. The van der Waals surface area contributed by atoms with Crippen LogP contribution < -0.4 is 4.90 Å². The Morgan fingerprint density at radius 3 is 2.00 bits per heavy atom. The van der Waals surface area contributed by atoms with E-state index in [1.165, 1.54) is 50.0 Å². The van der Waals surface area contributed by atoms with Crippen molar-refractivity contribution in [3.05, 3.63) is 121 Å². The summed E-state index contributed by atoms with van der Waals surface area (Å²) in [6.07, 6.45) is 0. The van der Waals surface area contributed by atoms with Crippen LogP contribution in [0, 0.1) is 6.92 Å². The minimum atomic E-state index is 1.20. The normalized spacial score (nSPS) is 10.9. The largest absolute Gasteiger partial charge is 0.344 e. The molecule has 0 unspecified atom stereocenters. The van der Waals surface area contributed by atoms with Crippen LogP contribution >= 0.6 is 0 Å². The summed E-state index contributed by atoms with van der Waals surface area (Å²) < 4.78 is 0. The van der Waals surface area contributed by atoms with Crippen molar-refractivity contribution < 1.29 is 0 Å². The zero-order chi connectivity index (χ0) is 21.2. The van der Waals surface area contributed by atoms with Crippen molar-refractivity contribution in [2.45, 2.75) is 6.92 Å². The third-order valence-electron chi connectivity index (χ3n) is 5.93. The summed E-state index contributed by atoms with van der Waals surface area (Å²) in [5, 5.41) is 2.53. The van der Waals surface area contributed by atoms with Crippen molar-refractivity contribution in [1.82, 2.24) is 0 Å². The quantitative estimate of drug-likeness (QED) is 0.294. The first kappa shape index (κ1) is 19.1. The second kappa shape index (κ2) is 8.12. The van der Waals surface area contributed by atoms with Crippen molar-refractivity contribution >= 4 is 22.1 Å². The Morgan fingerprint density at radius 2 is 1.16 bits per heavy atom. The fourth-order valence-electron chi connectivity index (χ4n) is 4.28. The molecule has 0 spiro atoms. The summed E-state index contributed by atoms with van der Waals surface area (Å²) in [7, 11) is 2.17. The molecule has 5 rings (SSSR count). The smallest absolute Gasteiger partial charge is 0.0490 e. The average Bonchev–Trinajstić information content (AvgIpc) is 2.84. The zero-order valence-electron chi connectivity index (χ0n) is 17.9. The molecule has 0 heterocycles. The van der Waals surface area contributed by atoms with Gasteiger partial charge < -0.3 is 4.90 Å². The molecule has 150 valence electrons. The monoisotopic (exact) mass is 399 g/mol. The Bertz CT molecular complexity index is 1350. The molecule has 0 saturated heterocycles. The second-order valence-corrected chi connectivity index (χ2v) is 8.02. The van der Waals surface area contributed by atoms with Crippen molar-refractivity contribution in [3.8, 4) is 22.3 Å². The first-order chi connectivity index (χ1) is 15.2. The van der Waals surface area contributed by atoms with Gasteiger partial charge in [0.15, 0.2) is 0 Å². The highest BCUT2D eigenvalue weighted by Crippen LogP contribution is 2.39. The van der Waals surface area contributed by atoms with Crippen LogP contribution in [0.3, 0.4) is 0 Å². The molecule has 1 nitrogen and oxygen atoms in total. The molecule has 5 aromatic rings. The van der Waals surface area contributed by atoms with Crippen LogP contribution in [-0.4, -0.2) is 7.05 Å². The van der Waals surface area contributed by atoms with Crippen LogP contribution in [-0.2, 0) is 0 Å². The summed E-state index contributed by atoms with van der Waals surface area (Å²) in [5.41, 5.74) is 8.59. The van der Waals surface area contributed by atoms with Crippen LogP contribution in [0.2, 0.25) is 0 Å². The maximum absolute atomic E-state index is 2.32. The van der Waals surface area contributed by atoms with E-state index in [1.54, 1.807) is 0 Å². The van der Waals surface area contributed by atoms with Gasteiger partial charge in [-0.15, -0.1) is 0 Å². The van der Waals surface area contributed by atoms with Gasteiger partial charge in [0.25, 0.3) is 0 Å². The van der Waals surface area contributed by atoms with Gasteiger partial charge in [0.2, 0.25) is 0 Å². The summed E-state index contributed by atoms with van der Waals surface area (Å²) in [6.45, 7) is 2.16. The Balaban J connectivity index is 1.66. The number of para-hydroxylation sites is 1. The Labute approximate surface area is 184 Å². The predicted molar refractivity (Wildman–Crippen MR) is 134 cm³/mol. The number of rotatable bonds is 4. The lowest BCUT2D eigenvalue weighted by molar-refractivity contribution is 1.20. The van der Waals surface area contributed by atoms with Crippen molar-refractivity contribution in [2.75, 3.05) is 11.9 Å². The lowest BCUT2D eigenvalue weighted by atomic mass is 9.97. The van der Waals surface area contributed by atoms with Crippen LogP contribution in [0.4, 0.5) is 11.4 Å². The van der Waals surface area contributed by atoms with E-state index >= 15 is 0 Å². The highest BCUT2D eigenvalue weighted by molar-refractivity contribution is 5.92. The molecule has 0 aromatic heterocycles. The standard InChI is InChI=1S/C30H25N/c1-22-16-19-28(26-18-17-23-10-6-7-13-25(23)21-26)30(20-22)31(2)29-15-9-8-14-27(29)24-11-4-3-5-12-24/h3-21H,1-2H3. The number of benzene rings is 5. The first-order valence-electron chi connectivity index (χ1n) is 10.7. The third-order valence-corrected chi connectivity index (χ3v) is 5.93. The maximum atomic E-state index is 2.32. The molecule has 0 amide bonds. The van der Waals surface area contributed by atoms with Crippen molar-refractivity contribution in [3.63, 3.8) is 0 Å². The summed E-state index contributed by atoms with van der Waals surface area (Å²) in [4.78, 5) is 2.32. The molecule has 0 saturated carbocycles. The number of anilines is 2. The molecule has 1 heteroatoms. The van der Waals surface area contributed by atoms with E-state index in [9.17, 15) is 0 Å². The molecule has 0 N–H and O–H groups in total. The van der Waals surface area contributed by atoms with Gasteiger partial charge in [0.1, 0.15) is 0 Å². The topological polar surface area (TPSA) is 3.24 Å². The van der Waals surface area contributed by atoms with E-state index in [4.69, 9.17) is 0 Å². The highest BCUT2D eigenvalue weighted by Gasteiger charge is 2.15. The Kier molecular flexibility index (Phi) is 5.01. The fourth-order valence-corrected chi connectivity index (χ4v) is 4.28. The summed E-state index contributed by atoms with van der Waals surface area (Å²) >= 11 is 0. The van der Waals surface area contributed by atoms with E-state index in [1.807, 2.05) is 0 Å². The Morgan fingerprint density at radius 1 is 0.484 bits per heavy atom. The molecular weight excluding hydrogens is 374 g/mol. The van der Waals surface area contributed by atoms with E-state index in [0.717, 1.165) is 0 Å². The van der Waals surface area contributed by atoms with Gasteiger partial charge in [0.05, 0.1) is 0 Å². The van der Waals surface area contributed by atoms with Gasteiger partial charge in [-0.3, -0.25) is 0 Å². The molecule has 5 aromatic carbocycles. The SMILES string of the molecule is Cc1ccc(-c2ccc3ccccc3c2)c(N(C)c2ccccc2-c2ccccc2)c1. The molecule has 0 aliphatic heterocycles. The molecule has 0 fully saturated rings. The van der Waals surface area contributed by atoms with Gasteiger partial charge in [-0.25, -0.2) is 0 Å². The summed E-state index contributed by atoms with van der Waals surface area (Å²) in [5.74, 6) is 0. The maximum Gasteiger partial charge on any atom is 0.0490 e. The van der Waals surface area contributed by atoms with E-state index in [-0.39, 0.29) is 0 Å². The lowest BCUT2D eigenvalue weighted by Gasteiger charge is -2.26. The van der Waals surface area contributed by atoms with Crippen LogP contribution in [0.15, 0.2) is 115 Å². The molecule has 0 bridgehead atoms. The summed E-state index contributed by atoms with van der Waals surface area (Å²) in [6, 6.07) is 41.2. The number of nitrogens with zero attached hydrogens (tertiary/aromatic N) is 1. The number of aryl methyl sites for hydroxylation is 1. The zero-order valence-corrected chi connectivity index (χ0v) is 17.9. The minimum Gasteiger partial charge on any atom is -0.344 e. The van der Waals surface area contributed by atoms with Crippen LogP contribution in [0.5, 0.6) is 0 Å². The average molecular weight is 400 g/mol. The van der Waals surface area contributed by atoms with Gasteiger partial charge in [-0.1, -0.05) is 97.1 Å². The molecule has 0 aliphatic carbocycles. The fraction of sp³-hybridized carbons (Fsp3) is 0.0667. The third kappa shape index (κ3) is 3.71. The molecule has 31 heavy (non-hydrogen) atoms. The van der Waals surface area contributed by atoms with E-state index in [2.05, 4.69) is 134 Å². The van der Waals surface area contributed by atoms with Gasteiger partial charge in [0, 0.05) is 29.5 Å². The molecule has 0 aliphatic rings. The van der Waals surface area contributed by atoms with Gasteiger partial charge in [-0.2, -0.15) is 0 Å². The predicted octanol–water partition coefficient (Wildman–Crippen LogP) is 8.25.